The molecule has 0 aliphatic heterocycles. The number of nitrogens with one attached hydrogen (secondary N) is 1. The van der Waals surface area contributed by atoms with E-state index in [0.29, 0.717) is 36.9 Å². The summed E-state index contributed by atoms with van der Waals surface area (Å²) in [5, 5.41) is 28.7. The van der Waals surface area contributed by atoms with Crippen LogP contribution in [0, 0.1) is 28.6 Å². The van der Waals surface area contributed by atoms with Crippen molar-refractivity contribution in [2.45, 2.75) is 89.0 Å². The van der Waals surface area contributed by atoms with Crippen molar-refractivity contribution in [2.75, 3.05) is 25.1 Å². The number of esters is 2. The van der Waals surface area contributed by atoms with Crippen molar-refractivity contribution in [3.8, 4) is 0 Å². The number of fused-ring (bicyclic) bond motifs is 6. The molecule has 0 heterocycles. The first-order valence-electron chi connectivity index (χ1n) is 20.5. The highest BCUT2D eigenvalue weighted by Gasteiger charge is 2.75. The summed E-state index contributed by atoms with van der Waals surface area (Å²) < 4.78 is 28.0. The van der Waals surface area contributed by atoms with Crippen molar-refractivity contribution in [1.29, 1.82) is 0 Å². The van der Waals surface area contributed by atoms with Gasteiger partial charge >= 0.3 is 11.9 Å². The van der Waals surface area contributed by atoms with Crippen LogP contribution in [0.5, 0.6) is 0 Å². The Morgan fingerprint density at radius 3 is 2.37 bits per heavy atom. The SMILES string of the molecule is C[C@@H]1C[C@H]2[C@@H]3CCC4=CC(=O)C=C[C@]4(C)[C@@]3(F)[C@@H](O)C[C@]2(C)[C@@]1(O)C(=O)COC(=O)CCC(=O)OCCc1ccc(C(CN)C(=O)Nc2ccc3ccccc3c2)cc1. The second-order valence-electron chi connectivity index (χ2n) is 17.3. The number of hydrogen-bond donors (Lipinski definition) is 4. The van der Waals surface area contributed by atoms with Gasteiger partial charge in [-0.1, -0.05) is 80.1 Å². The minimum atomic E-state index is -2.11. The van der Waals surface area contributed by atoms with E-state index < -0.39 is 76.2 Å². The molecule has 59 heavy (non-hydrogen) atoms. The van der Waals surface area contributed by atoms with Gasteiger partial charge in [0.15, 0.2) is 18.1 Å². The lowest BCUT2D eigenvalue weighted by atomic mass is 9.44. The molecule has 1 unspecified atom stereocenters. The third kappa shape index (κ3) is 7.33. The molecule has 0 spiro atoms. The number of allylic oxidation sites excluding steroid dienone is 4. The number of amides is 1. The number of Topliss-reactive ketones (excluding diaryl/α,β-unsaturated/α-hetero) is 1. The van der Waals surface area contributed by atoms with E-state index in [1.165, 1.54) is 12.2 Å². The van der Waals surface area contributed by atoms with E-state index in [9.17, 15) is 34.2 Å². The monoisotopic (exact) mass is 808 g/mol. The first-order valence-corrected chi connectivity index (χ1v) is 20.5. The van der Waals surface area contributed by atoms with E-state index in [0.717, 1.165) is 21.9 Å². The Hall–Kier alpha value is -5.04. The molecule has 7 rings (SSSR count). The molecule has 0 aromatic heterocycles. The first kappa shape index (κ1) is 42.1. The average Bonchev–Trinajstić information content (AvgIpc) is 3.42. The first-order chi connectivity index (χ1) is 28.0. The molecule has 1 amide bonds. The fraction of sp³-hybridized carbons (Fsp3) is 0.468. The average molecular weight is 809 g/mol. The van der Waals surface area contributed by atoms with Crippen molar-refractivity contribution >= 4 is 45.9 Å². The number of alkyl halides is 1. The minimum Gasteiger partial charge on any atom is -0.465 e. The number of anilines is 1. The van der Waals surface area contributed by atoms with E-state index >= 15 is 4.39 Å². The van der Waals surface area contributed by atoms with Crippen LogP contribution in [0.25, 0.3) is 10.8 Å². The lowest BCUT2D eigenvalue weighted by Crippen LogP contribution is -2.69. The molecule has 4 aliphatic rings. The normalized spacial score (nSPS) is 31.3. The maximum atomic E-state index is 17.4. The van der Waals surface area contributed by atoms with Gasteiger partial charge in [0.25, 0.3) is 0 Å². The molecule has 5 N–H and O–H groups in total. The molecule has 3 fully saturated rings. The van der Waals surface area contributed by atoms with Gasteiger partial charge in [-0.05, 0) is 90.6 Å². The van der Waals surface area contributed by atoms with Gasteiger partial charge in [-0.15, -0.1) is 0 Å². The number of aliphatic hydroxyl groups excluding tert-OH is 1. The Bertz CT molecular complexity index is 2220. The molecule has 12 heteroatoms. The molecule has 0 saturated heterocycles. The molecular formula is C47H53FN2O9. The van der Waals surface area contributed by atoms with Crippen molar-refractivity contribution in [1.82, 2.24) is 0 Å². The van der Waals surface area contributed by atoms with Crippen LogP contribution in [0.3, 0.4) is 0 Å². The van der Waals surface area contributed by atoms with E-state index in [1.807, 2.05) is 66.7 Å². The standard InChI is InChI=1S/C47H53FN2O9/c1-28-22-38-37-15-13-33-24-35(51)18-20-44(33,2)46(37,48)39(52)25-45(38,3)47(28,57)40(53)27-59-42(55)17-16-41(54)58-21-19-29-8-10-31(11-9-29)36(26-49)43(56)50-34-14-12-30-6-4-5-7-32(30)23-34/h4-12,14,18,20,23-24,28,36-39,52,57H,13,15-17,19,21-22,25-27,49H2,1-3H3,(H,50,56)/t28-,36?,37+,38+,39+,44+,45+,46+,47+/m1/s1. The Kier molecular flexibility index (Phi) is 11.6. The predicted octanol–water partition coefficient (Wildman–Crippen LogP) is 5.85. The Labute approximate surface area is 343 Å². The third-order valence-corrected chi connectivity index (χ3v) is 14.2. The second-order valence-corrected chi connectivity index (χ2v) is 17.3. The topological polar surface area (TPSA) is 182 Å². The second kappa shape index (κ2) is 16.2. The molecule has 0 radical (unpaired) electrons. The van der Waals surface area contributed by atoms with Crippen LogP contribution >= 0.6 is 0 Å². The fourth-order valence-corrected chi connectivity index (χ4v) is 10.8. The van der Waals surface area contributed by atoms with Gasteiger partial charge in [-0.25, -0.2) is 4.39 Å². The molecule has 4 aliphatic carbocycles. The van der Waals surface area contributed by atoms with Gasteiger partial charge in [0.2, 0.25) is 11.7 Å². The van der Waals surface area contributed by atoms with Gasteiger partial charge in [0, 0.05) is 35.4 Å². The maximum absolute atomic E-state index is 17.4. The molecule has 0 bridgehead atoms. The van der Waals surface area contributed by atoms with Crippen molar-refractivity contribution in [3.05, 3.63) is 102 Å². The Morgan fingerprint density at radius 1 is 0.966 bits per heavy atom. The molecule has 11 nitrogen and oxygen atoms in total. The van der Waals surface area contributed by atoms with Gasteiger partial charge < -0.3 is 30.7 Å². The summed E-state index contributed by atoms with van der Waals surface area (Å²) in [6.45, 7) is 4.57. The van der Waals surface area contributed by atoms with Crippen LogP contribution in [-0.4, -0.2) is 76.8 Å². The van der Waals surface area contributed by atoms with E-state index in [4.69, 9.17) is 15.2 Å². The van der Waals surface area contributed by atoms with Crippen LogP contribution in [0.1, 0.15) is 76.3 Å². The fourth-order valence-electron chi connectivity index (χ4n) is 10.8. The number of hydrogen-bond acceptors (Lipinski definition) is 10. The summed E-state index contributed by atoms with van der Waals surface area (Å²) in [6, 6.07) is 20.9. The number of nitrogens with two attached hydrogens (primary N) is 1. The van der Waals surface area contributed by atoms with E-state index in [2.05, 4.69) is 5.32 Å². The molecule has 3 aromatic carbocycles. The summed E-state index contributed by atoms with van der Waals surface area (Å²) in [7, 11) is 0. The number of benzene rings is 3. The predicted molar refractivity (Wildman–Crippen MR) is 219 cm³/mol. The van der Waals surface area contributed by atoms with Crippen LogP contribution in [0.4, 0.5) is 10.1 Å². The maximum Gasteiger partial charge on any atom is 0.306 e. The van der Waals surface area contributed by atoms with Crippen molar-refractivity contribution in [2.24, 2.45) is 34.3 Å². The lowest BCUT2D eigenvalue weighted by molar-refractivity contribution is -0.220. The summed E-state index contributed by atoms with van der Waals surface area (Å²) in [5.41, 5.74) is 2.42. The third-order valence-electron chi connectivity index (χ3n) is 14.2. The highest BCUT2D eigenvalue weighted by Crippen LogP contribution is 2.70. The summed E-state index contributed by atoms with van der Waals surface area (Å²) in [4.78, 5) is 64.2. The number of rotatable bonds is 13. The molecular weight excluding hydrogens is 756 g/mol. The quantitative estimate of drug-likeness (QED) is 0.153. The summed E-state index contributed by atoms with van der Waals surface area (Å²) >= 11 is 0. The minimum absolute atomic E-state index is 0.0529. The number of halogens is 1. The van der Waals surface area contributed by atoms with E-state index in [1.54, 1.807) is 26.8 Å². The molecule has 312 valence electrons. The van der Waals surface area contributed by atoms with Crippen molar-refractivity contribution < 1.29 is 48.0 Å². The lowest BCUT2D eigenvalue weighted by Gasteiger charge is -2.62. The number of ether oxygens (including phenoxy) is 2. The van der Waals surface area contributed by atoms with E-state index in [-0.39, 0.29) is 44.1 Å². The zero-order valence-corrected chi connectivity index (χ0v) is 33.7. The number of ketones is 2. The smallest absolute Gasteiger partial charge is 0.306 e. The molecule has 3 saturated carbocycles. The Morgan fingerprint density at radius 2 is 1.66 bits per heavy atom. The van der Waals surface area contributed by atoms with Crippen LogP contribution < -0.4 is 11.1 Å². The van der Waals surface area contributed by atoms with Crippen molar-refractivity contribution in [3.63, 3.8) is 0 Å². The largest absolute Gasteiger partial charge is 0.465 e. The highest BCUT2D eigenvalue weighted by atomic mass is 19.1. The van der Waals surface area contributed by atoms with Crippen LogP contribution in [-0.2, 0) is 39.9 Å². The zero-order valence-electron chi connectivity index (χ0n) is 33.7. The molecule has 3 aromatic rings. The zero-order chi connectivity index (χ0) is 42.3. The van der Waals surface area contributed by atoms with Crippen LogP contribution in [0.2, 0.25) is 0 Å². The number of carbonyl (C=O) groups excluding carboxylic acids is 5. The van der Waals surface area contributed by atoms with Gasteiger partial charge in [-0.2, -0.15) is 0 Å². The molecule has 9 atom stereocenters. The highest BCUT2D eigenvalue weighted by molar-refractivity contribution is 6.01. The number of carbonyl (C=O) groups is 5. The van der Waals surface area contributed by atoms with Crippen LogP contribution in [0.15, 0.2) is 90.5 Å². The van der Waals surface area contributed by atoms with Gasteiger partial charge in [0.05, 0.1) is 31.5 Å². The van der Waals surface area contributed by atoms with Gasteiger partial charge in [-0.3, -0.25) is 24.0 Å². The summed E-state index contributed by atoms with van der Waals surface area (Å²) in [6.07, 6.45) is 3.57. The number of aliphatic hydroxyl groups is 2. The Balaban J connectivity index is 0.866. The summed E-state index contributed by atoms with van der Waals surface area (Å²) in [5.74, 6) is -4.93. The van der Waals surface area contributed by atoms with Gasteiger partial charge in [0.1, 0.15) is 5.60 Å².